The Morgan fingerprint density at radius 3 is 2.69 bits per heavy atom. The third kappa shape index (κ3) is 2.07. The summed E-state index contributed by atoms with van der Waals surface area (Å²) in [5.74, 6) is 0. The van der Waals surface area contributed by atoms with Gasteiger partial charge in [-0.15, -0.1) is 11.8 Å². The van der Waals surface area contributed by atoms with E-state index in [9.17, 15) is 0 Å². The highest BCUT2D eigenvalue weighted by Gasteiger charge is 2.15. The highest BCUT2D eigenvalue weighted by Crippen LogP contribution is 2.26. The molecular formula is C11H13NS. The zero-order chi connectivity index (χ0) is 9.10. The minimum atomic E-state index is 0.586. The van der Waals surface area contributed by atoms with Crippen molar-refractivity contribution in [1.29, 1.82) is 0 Å². The van der Waals surface area contributed by atoms with Gasteiger partial charge in [-0.05, 0) is 11.0 Å². The first-order valence-electron chi connectivity index (χ1n) is 4.44. The topological polar surface area (TPSA) is 3.24 Å². The number of hydrogen-bond donors (Lipinski definition) is 0. The van der Waals surface area contributed by atoms with Crippen molar-refractivity contribution in [3.05, 3.63) is 47.5 Å². The smallest absolute Gasteiger partial charge is 0.0823 e. The fraction of sp³-hybridized carbons (Fsp3) is 0.273. The van der Waals surface area contributed by atoms with Gasteiger partial charge in [-0.2, -0.15) is 0 Å². The van der Waals surface area contributed by atoms with Gasteiger partial charge >= 0.3 is 0 Å². The summed E-state index contributed by atoms with van der Waals surface area (Å²) in [7, 11) is 2.13. The van der Waals surface area contributed by atoms with Gasteiger partial charge in [0, 0.05) is 19.7 Å². The van der Waals surface area contributed by atoms with E-state index < -0.39 is 0 Å². The molecule has 1 aromatic rings. The van der Waals surface area contributed by atoms with Crippen LogP contribution in [0.2, 0.25) is 0 Å². The van der Waals surface area contributed by atoms with Crippen LogP contribution in [0.4, 0.5) is 0 Å². The summed E-state index contributed by atoms with van der Waals surface area (Å²) in [6.45, 7) is 0. The molecule has 1 heterocycles. The van der Waals surface area contributed by atoms with Gasteiger partial charge in [0.1, 0.15) is 0 Å². The van der Waals surface area contributed by atoms with Crippen LogP contribution in [0.1, 0.15) is 5.56 Å². The first-order chi connectivity index (χ1) is 6.36. The van der Waals surface area contributed by atoms with E-state index in [1.54, 1.807) is 0 Å². The molecule has 0 saturated heterocycles. The Kier molecular flexibility index (Phi) is 2.60. The molecule has 0 bridgehead atoms. The Hall–Kier alpha value is -0.890. The Morgan fingerprint density at radius 1 is 1.31 bits per heavy atom. The van der Waals surface area contributed by atoms with E-state index in [-0.39, 0.29) is 0 Å². The van der Waals surface area contributed by atoms with E-state index in [0.717, 1.165) is 6.42 Å². The van der Waals surface area contributed by atoms with Crippen LogP contribution in [-0.4, -0.2) is 17.3 Å². The molecular weight excluding hydrogens is 178 g/mol. The molecule has 0 amide bonds. The van der Waals surface area contributed by atoms with Crippen molar-refractivity contribution in [2.45, 2.75) is 11.8 Å². The summed E-state index contributed by atoms with van der Waals surface area (Å²) in [6.07, 6.45) is 3.26. The van der Waals surface area contributed by atoms with Crippen LogP contribution in [-0.2, 0) is 6.42 Å². The van der Waals surface area contributed by atoms with Gasteiger partial charge in [-0.25, -0.2) is 0 Å². The van der Waals surface area contributed by atoms with E-state index in [1.165, 1.54) is 5.56 Å². The van der Waals surface area contributed by atoms with Gasteiger partial charge in [-0.1, -0.05) is 30.3 Å². The van der Waals surface area contributed by atoms with Crippen LogP contribution in [0, 0.1) is 0 Å². The second-order valence-corrected chi connectivity index (χ2v) is 4.32. The normalized spacial score (nSPS) is 21.0. The SMILES string of the molecule is CN1C=CSC1Cc1ccccc1. The lowest BCUT2D eigenvalue weighted by atomic mass is 10.1. The van der Waals surface area contributed by atoms with Crippen LogP contribution in [0.3, 0.4) is 0 Å². The average Bonchev–Trinajstić information content (AvgIpc) is 2.54. The Bertz CT molecular complexity index is 294. The van der Waals surface area contributed by atoms with Crippen molar-refractivity contribution in [1.82, 2.24) is 4.90 Å². The molecule has 1 aliphatic heterocycles. The zero-order valence-corrected chi connectivity index (χ0v) is 8.50. The second-order valence-electron chi connectivity index (χ2n) is 3.23. The fourth-order valence-corrected chi connectivity index (χ4v) is 2.42. The molecule has 1 nitrogen and oxygen atoms in total. The van der Waals surface area contributed by atoms with Crippen LogP contribution >= 0.6 is 11.8 Å². The highest BCUT2D eigenvalue weighted by molar-refractivity contribution is 8.02. The lowest BCUT2D eigenvalue weighted by molar-refractivity contribution is 0.435. The predicted molar refractivity (Wildman–Crippen MR) is 58.4 cm³/mol. The molecule has 0 aromatic heterocycles. The molecule has 2 heteroatoms. The average molecular weight is 191 g/mol. The number of likely N-dealkylation sites (N-methyl/N-ethyl adjacent to an activating group) is 1. The van der Waals surface area contributed by atoms with Crippen molar-refractivity contribution in [3.8, 4) is 0 Å². The molecule has 2 rings (SSSR count). The largest absolute Gasteiger partial charge is 0.367 e. The molecule has 0 spiro atoms. The molecule has 0 N–H and O–H groups in total. The van der Waals surface area contributed by atoms with Crippen molar-refractivity contribution in [2.24, 2.45) is 0 Å². The third-order valence-corrected chi connectivity index (χ3v) is 3.33. The fourth-order valence-electron chi connectivity index (χ4n) is 1.42. The molecule has 0 aliphatic carbocycles. The zero-order valence-electron chi connectivity index (χ0n) is 7.68. The van der Waals surface area contributed by atoms with Crippen molar-refractivity contribution in [2.75, 3.05) is 7.05 Å². The summed E-state index contributed by atoms with van der Waals surface area (Å²) < 4.78 is 0. The summed E-state index contributed by atoms with van der Waals surface area (Å²) in [6, 6.07) is 10.6. The van der Waals surface area contributed by atoms with Crippen molar-refractivity contribution >= 4 is 11.8 Å². The van der Waals surface area contributed by atoms with Gasteiger partial charge < -0.3 is 4.90 Å². The highest BCUT2D eigenvalue weighted by atomic mass is 32.2. The second kappa shape index (κ2) is 3.88. The lowest BCUT2D eigenvalue weighted by Gasteiger charge is -2.19. The van der Waals surface area contributed by atoms with Crippen LogP contribution in [0.5, 0.6) is 0 Å². The number of benzene rings is 1. The molecule has 0 radical (unpaired) electrons. The Balaban J connectivity index is 1.99. The van der Waals surface area contributed by atoms with Crippen LogP contribution in [0.15, 0.2) is 41.9 Å². The van der Waals surface area contributed by atoms with Gasteiger partial charge in [0.05, 0.1) is 5.37 Å². The molecule has 13 heavy (non-hydrogen) atoms. The molecule has 0 saturated carbocycles. The number of rotatable bonds is 2. The van der Waals surface area contributed by atoms with Gasteiger partial charge in [0.25, 0.3) is 0 Å². The monoisotopic (exact) mass is 191 g/mol. The molecule has 1 atom stereocenters. The number of nitrogens with zero attached hydrogens (tertiary/aromatic N) is 1. The lowest BCUT2D eigenvalue weighted by Crippen LogP contribution is -2.21. The Morgan fingerprint density at radius 2 is 2.08 bits per heavy atom. The van der Waals surface area contributed by atoms with Gasteiger partial charge in [0.2, 0.25) is 0 Å². The molecule has 1 aromatic carbocycles. The van der Waals surface area contributed by atoms with Gasteiger partial charge in [0.15, 0.2) is 0 Å². The third-order valence-electron chi connectivity index (χ3n) is 2.24. The first kappa shape index (κ1) is 8.70. The van der Waals surface area contributed by atoms with Crippen molar-refractivity contribution < 1.29 is 0 Å². The summed E-state index contributed by atoms with van der Waals surface area (Å²) in [5.41, 5.74) is 1.41. The number of hydrogen-bond acceptors (Lipinski definition) is 2. The predicted octanol–water partition coefficient (Wildman–Crippen LogP) is 2.71. The molecule has 1 unspecified atom stereocenters. The summed E-state index contributed by atoms with van der Waals surface area (Å²) >= 11 is 1.89. The standard InChI is InChI=1S/C11H13NS/c1-12-7-8-13-11(12)9-10-5-3-2-4-6-10/h2-8,11H,9H2,1H3. The molecule has 1 aliphatic rings. The summed E-state index contributed by atoms with van der Waals surface area (Å²) in [4.78, 5) is 2.26. The number of thioether (sulfide) groups is 1. The summed E-state index contributed by atoms with van der Waals surface area (Å²) in [5, 5.41) is 2.75. The molecule has 68 valence electrons. The maximum absolute atomic E-state index is 2.26. The van der Waals surface area contributed by atoms with Gasteiger partial charge in [-0.3, -0.25) is 0 Å². The van der Waals surface area contributed by atoms with E-state index in [1.807, 2.05) is 11.8 Å². The first-order valence-corrected chi connectivity index (χ1v) is 5.38. The van der Waals surface area contributed by atoms with E-state index in [2.05, 4.69) is 53.9 Å². The van der Waals surface area contributed by atoms with Crippen LogP contribution < -0.4 is 0 Å². The van der Waals surface area contributed by atoms with Crippen LogP contribution in [0.25, 0.3) is 0 Å². The minimum Gasteiger partial charge on any atom is -0.367 e. The van der Waals surface area contributed by atoms with E-state index in [4.69, 9.17) is 0 Å². The maximum atomic E-state index is 2.26. The molecule has 0 fully saturated rings. The van der Waals surface area contributed by atoms with Crippen molar-refractivity contribution in [3.63, 3.8) is 0 Å². The maximum Gasteiger partial charge on any atom is 0.0823 e. The van der Waals surface area contributed by atoms with E-state index >= 15 is 0 Å². The Labute approximate surface area is 83.4 Å². The van der Waals surface area contributed by atoms with E-state index in [0.29, 0.717) is 5.37 Å². The quantitative estimate of drug-likeness (QED) is 0.707. The minimum absolute atomic E-state index is 0.586.